The van der Waals surface area contributed by atoms with Gasteiger partial charge in [-0.2, -0.15) is 0 Å². The lowest BCUT2D eigenvalue weighted by Gasteiger charge is -2.47. The van der Waals surface area contributed by atoms with E-state index in [4.69, 9.17) is 80.3 Å². The number of amides is 8. The minimum atomic E-state index is -2.21. The van der Waals surface area contributed by atoms with Crippen LogP contribution < -0.4 is 94.1 Å². The number of nitrogens with two attached hydrogens (primary N) is 9. The number of nitrogens with one attached hydrogen (secondary N) is 9. The van der Waals surface area contributed by atoms with Gasteiger partial charge < -0.3 is 164 Å². The number of anilines is 1. The molecule has 0 spiro atoms. The summed E-state index contributed by atoms with van der Waals surface area (Å²) >= 11 is 2.69. The first kappa shape index (κ1) is 93.4. The number of primary amides is 3. The van der Waals surface area contributed by atoms with E-state index in [0.717, 1.165) is 38.2 Å². The second kappa shape index (κ2) is 46.2. The number of imidazole rings is 1. The quantitative estimate of drug-likeness (QED) is 0.0142. The monoisotopic (exact) mass is 1650 g/mol. The summed E-state index contributed by atoms with van der Waals surface area (Å²) in [5.41, 5.74) is 50.2. The number of hydrogen-bond acceptors (Lipinski definition) is 34. The number of thioether (sulfide) groups is 1. The molecule has 35 N–H and O–H groups in total. The number of H-pyrrole nitrogens is 1. The van der Waals surface area contributed by atoms with Gasteiger partial charge in [-0.15, -0.1) is 23.1 Å². The van der Waals surface area contributed by atoms with Gasteiger partial charge in [-0.1, -0.05) is 6.92 Å². The van der Waals surface area contributed by atoms with E-state index >= 15 is 4.79 Å². The largest absolute Gasteiger partial charge is 0.441 e. The average Bonchev–Trinajstić information content (AvgIpc) is 0.856. The highest BCUT2D eigenvalue weighted by Crippen LogP contribution is 2.36. The number of ether oxygens (including phenoxy) is 5. The van der Waals surface area contributed by atoms with Crippen molar-refractivity contribution in [2.45, 2.75) is 195 Å². The van der Waals surface area contributed by atoms with Crippen molar-refractivity contribution in [3.05, 3.63) is 51.4 Å². The van der Waals surface area contributed by atoms with Crippen molar-refractivity contribution < 1.29 is 103 Å². The van der Waals surface area contributed by atoms with Crippen molar-refractivity contribution in [1.82, 2.24) is 67.5 Å². The fourth-order valence-electron chi connectivity index (χ4n) is 11.5. The second-order valence-electron chi connectivity index (χ2n) is 26.8. The molecule has 0 bridgehead atoms. The third kappa shape index (κ3) is 28.2. The fourth-order valence-corrected chi connectivity index (χ4v) is 13.5. The van der Waals surface area contributed by atoms with Gasteiger partial charge in [0.2, 0.25) is 29.5 Å². The van der Waals surface area contributed by atoms with E-state index in [1.807, 2.05) is 0 Å². The van der Waals surface area contributed by atoms with Crippen LogP contribution in [0.2, 0.25) is 0 Å². The highest BCUT2D eigenvalue weighted by atomic mass is 32.2. The van der Waals surface area contributed by atoms with E-state index in [9.17, 15) is 74.4 Å². The topological polar surface area (TPSA) is 792 Å². The molecule has 0 aromatic carbocycles. The summed E-state index contributed by atoms with van der Waals surface area (Å²) in [5, 5.41) is 113. The number of unbranched alkanes of at least 4 members (excludes halogenated alkanes) is 3. The number of rotatable bonds is 46. The summed E-state index contributed by atoms with van der Waals surface area (Å²) in [5.74, 6) is -7.55. The second-order valence-corrected chi connectivity index (χ2v) is 28.8. The summed E-state index contributed by atoms with van der Waals surface area (Å²) in [7, 11) is 0. The number of aliphatic hydroxyl groups is 8. The van der Waals surface area contributed by atoms with Crippen LogP contribution in [0.5, 0.6) is 0 Å². The van der Waals surface area contributed by atoms with Crippen LogP contribution in [0.1, 0.15) is 133 Å². The van der Waals surface area contributed by atoms with Crippen LogP contribution in [0.15, 0.2) is 37.9 Å². The number of aliphatic hydroxyl groups excluding tert-OH is 8. The maximum absolute atomic E-state index is 15.3. The van der Waals surface area contributed by atoms with Gasteiger partial charge in [-0.25, -0.2) is 24.7 Å². The van der Waals surface area contributed by atoms with Crippen LogP contribution in [-0.2, 0) is 47.7 Å². The van der Waals surface area contributed by atoms with Crippen LogP contribution >= 0.6 is 23.1 Å². The van der Waals surface area contributed by atoms with Crippen molar-refractivity contribution in [2.24, 2.45) is 71.8 Å². The Balaban J connectivity index is 1.09. The maximum Gasteiger partial charge on any atom is 0.404 e. The van der Waals surface area contributed by atoms with E-state index in [0.29, 0.717) is 79.8 Å². The lowest BCUT2D eigenvalue weighted by Crippen LogP contribution is -2.65. The zero-order valence-electron chi connectivity index (χ0n) is 63.2. The molecule has 3 aromatic heterocycles. The Morgan fingerprint density at radius 1 is 0.702 bits per heavy atom. The predicted octanol–water partition coefficient (Wildman–Crippen LogP) is -9.64. The molecule has 0 saturated carbocycles. The van der Waals surface area contributed by atoms with Gasteiger partial charge in [0.15, 0.2) is 36.6 Å². The van der Waals surface area contributed by atoms with E-state index in [2.05, 4.69) is 82.4 Å². The number of hydrogen-bond donors (Lipinski definition) is 26. The molecule has 0 radical (unpaired) electrons. The van der Waals surface area contributed by atoms with E-state index in [-0.39, 0.29) is 66.0 Å². The van der Waals surface area contributed by atoms with E-state index < -0.39 is 183 Å². The summed E-state index contributed by atoms with van der Waals surface area (Å²) in [4.78, 5) is 144. The number of guanidine groups is 3. The zero-order valence-corrected chi connectivity index (χ0v) is 64.8. The van der Waals surface area contributed by atoms with E-state index in [1.54, 1.807) is 5.38 Å². The van der Waals surface area contributed by atoms with Crippen molar-refractivity contribution >= 4 is 99.3 Å². The molecule has 2 saturated heterocycles. The van der Waals surface area contributed by atoms with E-state index in [1.165, 1.54) is 50.8 Å². The van der Waals surface area contributed by atoms with Gasteiger partial charge in [0.1, 0.15) is 95.0 Å². The molecular weight excluding hydrogens is 1550 g/mol. The highest BCUT2D eigenvalue weighted by molar-refractivity contribution is 8.14. The first-order valence-corrected chi connectivity index (χ1v) is 38.3. The number of carbonyl (C=O) groups excluding carboxylic acids is 8. The van der Waals surface area contributed by atoms with Gasteiger partial charge >= 0.3 is 6.09 Å². The molecule has 11 unspecified atom stereocenters. The molecule has 47 nitrogen and oxygen atoms in total. The Labute approximate surface area is 662 Å². The lowest BCUT2D eigenvalue weighted by molar-refractivity contribution is -0.372. The number of nitrogen functional groups attached to an aromatic ring is 1. The molecule has 0 aliphatic carbocycles. The Bertz CT molecular complexity index is 3770. The van der Waals surface area contributed by atoms with Gasteiger partial charge in [0, 0.05) is 81.9 Å². The minimum absolute atomic E-state index is 0.00406. The number of nitrogens with zero attached hydrogens (tertiary/aromatic N) is 8. The van der Waals surface area contributed by atoms with Crippen molar-refractivity contribution in [1.29, 1.82) is 0 Å². The number of aliphatic imine (C=N–C) groups is 4. The predicted molar refractivity (Wildman–Crippen MR) is 410 cm³/mol. The summed E-state index contributed by atoms with van der Waals surface area (Å²) in [6.45, 7) is 5.83. The van der Waals surface area contributed by atoms with Gasteiger partial charge in [-0.05, 0) is 59.3 Å². The first-order valence-electron chi connectivity index (χ1n) is 36.5. The number of carbonyl (C=O) groups is 8. The molecule has 3 aromatic rings. The molecule has 20 atom stereocenters. The third-order valence-corrected chi connectivity index (χ3v) is 20.1. The molecule has 8 amide bonds. The van der Waals surface area contributed by atoms with Crippen LogP contribution in [0.3, 0.4) is 0 Å². The normalized spacial score (nSPS) is 23.5. The Morgan fingerprint density at radius 2 is 1.32 bits per heavy atom. The Kier molecular flexibility index (Phi) is 37.8. The van der Waals surface area contributed by atoms with Crippen molar-refractivity contribution in [3.63, 3.8) is 0 Å². The fraction of sp³-hybridized carbons (Fsp3) is 0.662. The third-order valence-electron chi connectivity index (χ3n) is 18.0. The van der Waals surface area contributed by atoms with Crippen molar-refractivity contribution in [3.8, 4) is 0 Å². The van der Waals surface area contributed by atoms with Crippen LogP contribution in [-0.4, -0.2) is 305 Å². The van der Waals surface area contributed by atoms with Crippen LogP contribution in [0.4, 0.5) is 10.6 Å². The summed E-state index contributed by atoms with van der Waals surface area (Å²) in [6, 6.07) is -8.29. The SMILES string of the molecule is Cc1c(N)nc([C@H](CC(N)=O)NC[C@H](N)C(N)=O)nc1C(=O)N[C@H](C(=O)N[C@H](C)[C@@H](O)[C@H](C)C(=O)N[C@H](C(=O)NCCC1=NC(c2nc(C(=O)NCCCCNC(N)=NCCCCNC(N)=NCCCCN=C(N)N)cs2)CS1)[C@@H](C)O)[C@@H](OC1OC(CO)C(O)C(O)C1OC1OC(CO)C(O)C(OC(N)=O)C1O)c1cnc[nH]1. The molecule has 3 aliphatic rings. The molecule has 114 heavy (non-hydrogen) atoms. The molecular formula is C65H108N26O21S2. The number of thiazole rings is 1. The zero-order chi connectivity index (χ0) is 84.0. The number of aromatic nitrogens is 5. The Morgan fingerprint density at radius 3 is 1.93 bits per heavy atom. The Hall–Kier alpha value is -9.45. The van der Waals surface area contributed by atoms with Crippen molar-refractivity contribution in [2.75, 3.05) is 77.1 Å². The molecule has 49 heteroatoms. The summed E-state index contributed by atoms with van der Waals surface area (Å²) < 4.78 is 28.8. The molecule has 3 aliphatic heterocycles. The molecule has 6 heterocycles. The van der Waals surface area contributed by atoms with Gasteiger partial charge in [0.05, 0.1) is 72.7 Å². The first-order chi connectivity index (χ1) is 54.1. The maximum atomic E-state index is 15.3. The summed E-state index contributed by atoms with van der Waals surface area (Å²) in [6.07, 6.45) is -20.7. The van der Waals surface area contributed by atoms with Gasteiger partial charge in [-0.3, -0.25) is 53.5 Å². The molecule has 6 rings (SSSR count). The smallest absolute Gasteiger partial charge is 0.404 e. The number of aromatic amines is 1. The molecule has 2 fully saturated rings. The lowest BCUT2D eigenvalue weighted by atomic mass is 9.96. The standard InChI is InChI=1S/C65H108N26O21S2/c1-27-40(88-53(91-51(27)68)32(19-38(67)95)83-20-31(66)52(69)101)57(105)90-42(48(33-21-75-26-84-33)110-61-50(46(99)44(97)36(22-92)109-61)111-60-47(100)49(112-65(74)107)45(98)37(23-93)108-60)58(106)85-29(3)43(96)28(2)54(102)89-41(30(4)94)56(104)77-18-11-39-86-35(25-113-39)59-87-34(24-114-59)55(103)76-12-5-7-14-79-63(72)81-16-9-10-17-82-64(73)80-15-8-6-13-78-62(70)71/h21,24,26,28-32,35-37,41-50,60-61,83,92-94,96-100H,5-20,22-23,25,66H2,1-4H3,(H2,67,95)(H2,69,101)(H2,74,107)(H,75,84)(H,76,103)(H,77,104)(H,85,106)(H,89,102)(H,90,105)(H2,68,88,91)(H4,70,71,78)(H3,72,79,81)(H3,73,80,82)/t28-,29+,30+,31-,32-,35?,36?,37?,41-,42-,43-,44?,45?,46?,47?,48-,49?,50?,60?,61?/m0/s1. The van der Waals surface area contributed by atoms with Gasteiger partial charge in [0.25, 0.3) is 11.8 Å². The highest BCUT2D eigenvalue weighted by Gasteiger charge is 2.54. The molecule has 636 valence electrons. The van der Waals surface area contributed by atoms with Crippen LogP contribution in [0, 0.1) is 12.8 Å². The average molecular weight is 1650 g/mol. The minimum Gasteiger partial charge on any atom is -0.441 e. The van der Waals surface area contributed by atoms with Crippen LogP contribution in [0.25, 0.3) is 0 Å².